The normalized spacial score (nSPS) is 21.7. The number of nitrogens with one attached hydrogen (secondary N) is 1. The van der Waals surface area contributed by atoms with Crippen LogP contribution in [0.4, 0.5) is 4.39 Å². The molecule has 2 fully saturated rings. The van der Waals surface area contributed by atoms with E-state index in [0.29, 0.717) is 11.6 Å². The van der Waals surface area contributed by atoms with Gasteiger partial charge < -0.3 is 5.32 Å². The molecule has 90 valence electrons. The van der Waals surface area contributed by atoms with Crippen LogP contribution in [0.15, 0.2) is 24.3 Å². The smallest absolute Gasteiger partial charge is 0.230 e. The van der Waals surface area contributed by atoms with Crippen LogP contribution in [-0.2, 0) is 10.2 Å². The molecule has 0 radical (unpaired) electrons. The summed E-state index contributed by atoms with van der Waals surface area (Å²) < 4.78 is 13.8. The van der Waals surface area contributed by atoms with Crippen LogP contribution in [0.2, 0.25) is 0 Å². The van der Waals surface area contributed by atoms with E-state index in [2.05, 4.69) is 5.32 Å². The largest absolute Gasteiger partial charge is 0.353 e. The van der Waals surface area contributed by atoms with Gasteiger partial charge in [0, 0.05) is 11.6 Å². The van der Waals surface area contributed by atoms with Crippen molar-refractivity contribution < 1.29 is 9.18 Å². The van der Waals surface area contributed by atoms with Gasteiger partial charge in [-0.25, -0.2) is 4.39 Å². The molecule has 3 rings (SSSR count). The van der Waals surface area contributed by atoms with E-state index in [-0.39, 0.29) is 11.7 Å². The Labute approximate surface area is 100 Å². The second kappa shape index (κ2) is 3.83. The van der Waals surface area contributed by atoms with Gasteiger partial charge in [0.25, 0.3) is 0 Å². The van der Waals surface area contributed by atoms with Crippen LogP contribution in [0, 0.1) is 5.82 Å². The second-order valence-corrected chi connectivity index (χ2v) is 5.16. The Balaban J connectivity index is 1.90. The monoisotopic (exact) mass is 233 g/mol. The maximum Gasteiger partial charge on any atom is 0.230 e. The van der Waals surface area contributed by atoms with Crippen molar-refractivity contribution in [3.05, 3.63) is 35.6 Å². The molecule has 0 aromatic heterocycles. The fraction of sp³-hybridized carbons (Fsp3) is 0.500. The molecule has 0 heterocycles. The minimum atomic E-state index is -0.589. The Morgan fingerprint density at radius 2 is 2.00 bits per heavy atom. The SMILES string of the molecule is O=C(NC1CC1)C1(c2ccccc2F)CCC1. The van der Waals surface area contributed by atoms with Crippen LogP contribution in [0.5, 0.6) is 0 Å². The summed E-state index contributed by atoms with van der Waals surface area (Å²) in [6.45, 7) is 0. The number of benzene rings is 1. The summed E-state index contributed by atoms with van der Waals surface area (Å²) >= 11 is 0. The number of carbonyl (C=O) groups is 1. The first-order chi connectivity index (χ1) is 8.22. The van der Waals surface area contributed by atoms with Gasteiger partial charge in [0.05, 0.1) is 5.41 Å². The van der Waals surface area contributed by atoms with Crippen LogP contribution in [0.1, 0.15) is 37.7 Å². The van der Waals surface area contributed by atoms with E-state index in [4.69, 9.17) is 0 Å². The molecular formula is C14H16FNO. The third kappa shape index (κ3) is 1.74. The fourth-order valence-electron chi connectivity index (χ4n) is 2.55. The summed E-state index contributed by atoms with van der Waals surface area (Å²) in [5, 5.41) is 3.02. The van der Waals surface area contributed by atoms with Gasteiger partial charge >= 0.3 is 0 Å². The van der Waals surface area contributed by atoms with Gasteiger partial charge in [-0.15, -0.1) is 0 Å². The summed E-state index contributed by atoms with van der Waals surface area (Å²) in [6, 6.07) is 7.01. The number of hydrogen-bond donors (Lipinski definition) is 1. The van der Waals surface area contributed by atoms with Gasteiger partial charge in [-0.05, 0) is 31.7 Å². The van der Waals surface area contributed by atoms with E-state index in [0.717, 1.165) is 32.1 Å². The zero-order chi connectivity index (χ0) is 11.9. The summed E-state index contributed by atoms with van der Waals surface area (Å²) in [4.78, 5) is 12.3. The van der Waals surface area contributed by atoms with E-state index in [9.17, 15) is 9.18 Å². The van der Waals surface area contributed by atoms with Crippen LogP contribution >= 0.6 is 0 Å². The van der Waals surface area contributed by atoms with E-state index in [1.165, 1.54) is 6.07 Å². The lowest BCUT2D eigenvalue weighted by atomic mass is 9.63. The lowest BCUT2D eigenvalue weighted by Gasteiger charge is -2.40. The van der Waals surface area contributed by atoms with Gasteiger partial charge in [-0.1, -0.05) is 24.6 Å². The topological polar surface area (TPSA) is 29.1 Å². The molecule has 1 aromatic rings. The summed E-state index contributed by atoms with van der Waals surface area (Å²) in [7, 11) is 0. The lowest BCUT2D eigenvalue weighted by Crippen LogP contribution is -2.50. The third-order valence-electron chi connectivity index (χ3n) is 3.94. The van der Waals surface area contributed by atoms with Crippen LogP contribution < -0.4 is 5.32 Å². The molecule has 1 aromatic carbocycles. The molecule has 0 aliphatic heterocycles. The van der Waals surface area contributed by atoms with Crippen molar-refractivity contribution in [2.75, 3.05) is 0 Å². The number of amides is 1. The predicted octanol–water partition coefficient (Wildman–Crippen LogP) is 2.53. The highest BCUT2D eigenvalue weighted by Gasteiger charge is 2.48. The zero-order valence-electron chi connectivity index (χ0n) is 9.71. The Kier molecular flexibility index (Phi) is 2.42. The molecule has 0 atom stereocenters. The number of halogens is 1. The molecule has 0 bridgehead atoms. The Bertz CT molecular complexity index is 449. The van der Waals surface area contributed by atoms with Crippen molar-refractivity contribution in [2.24, 2.45) is 0 Å². The number of carbonyl (C=O) groups excluding carboxylic acids is 1. The molecule has 1 amide bonds. The average Bonchev–Trinajstić information content (AvgIpc) is 3.03. The molecule has 0 spiro atoms. The zero-order valence-corrected chi connectivity index (χ0v) is 9.71. The van der Waals surface area contributed by atoms with E-state index < -0.39 is 5.41 Å². The van der Waals surface area contributed by atoms with Gasteiger partial charge in [-0.2, -0.15) is 0 Å². The maximum absolute atomic E-state index is 13.8. The van der Waals surface area contributed by atoms with Crippen molar-refractivity contribution in [2.45, 2.75) is 43.6 Å². The van der Waals surface area contributed by atoms with Crippen LogP contribution in [0.25, 0.3) is 0 Å². The average molecular weight is 233 g/mol. The molecule has 2 aliphatic rings. The highest BCUT2D eigenvalue weighted by atomic mass is 19.1. The lowest BCUT2D eigenvalue weighted by molar-refractivity contribution is -0.130. The first-order valence-electron chi connectivity index (χ1n) is 6.28. The van der Waals surface area contributed by atoms with Gasteiger partial charge in [0.1, 0.15) is 5.82 Å². The minimum absolute atomic E-state index is 0.0244. The first-order valence-corrected chi connectivity index (χ1v) is 6.28. The molecule has 2 aliphatic carbocycles. The van der Waals surface area contributed by atoms with Crippen LogP contribution in [0.3, 0.4) is 0 Å². The standard InChI is InChI=1S/C14H16FNO/c15-12-5-2-1-4-11(12)14(8-3-9-14)13(17)16-10-6-7-10/h1-2,4-5,10H,3,6-9H2,(H,16,17). The van der Waals surface area contributed by atoms with Gasteiger partial charge in [0.15, 0.2) is 0 Å². The Hall–Kier alpha value is -1.38. The number of hydrogen-bond acceptors (Lipinski definition) is 1. The van der Waals surface area contributed by atoms with E-state index in [1.807, 2.05) is 6.07 Å². The van der Waals surface area contributed by atoms with Crippen molar-refractivity contribution >= 4 is 5.91 Å². The van der Waals surface area contributed by atoms with Gasteiger partial charge in [-0.3, -0.25) is 4.79 Å². The molecular weight excluding hydrogens is 217 g/mol. The highest BCUT2D eigenvalue weighted by Crippen LogP contribution is 2.45. The van der Waals surface area contributed by atoms with Crippen molar-refractivity contribution in [1.82, 2.24) is 5.32 Å². The van der Waals surface area contributed by atoms with E-state index >= 15 is 0 Å². The van der Waals surface area contributed by atoms with Gasteiger partial charge in [0.2, 0.25) is 5.91 Å². The molecule has 3 heteroatoms. The van der Waals surface area contributed by atoms with Crippen molar-refractivity contribution in [1.29, 1.82) is 0 Å². The molecule has 0 unspecified atom stereocenters. The molecule has 2 nitrogen and oxygen atoms in total. The van der Waals surface area contributed by atoms with E-state index in [1.54, 1.807) is 12.1 Å². The summed E-state index contributed by atoms with van der Waals surface area (Å²) in [5.41, 5.74) is -0.0158. The Morgan fingerprint density at radius 3 is 2.53 bits per heavy atom. The predicted molar refractivity (Wildman–Crippen MR) is 63.1 cm³/mol. The van der Waals surface area contributed by atoms with Crippen molar-refractivity contribution in [3.63, 3.8) is 0 Å². The minimum Gasteiger partial charge on any atom is -0.353 e. The maximum atomic E-state index is 13.8. The first kappa shape index (κ1) is 10.8. The molecule has 2 saturated carbocycles. The molecule has 1 N–H and O–H groups in total. The van der Waals surface area contributed by atoms with Crippen molar-refractivity contribution in [3.8, 4) is 0 Å². The quantitative estimate of drug-likeness (QED) is 0.854. The highest BCUT2D eigenvalue weighted by molar-refractivity contribution is 5.89. The fourth-order valence-corrected chi connectivity index (χ4v) is 2.55. The summed E-state index contributed by atoms with van der Waals surface area (Å²) in [5.74, 6) is -0.227. The number of rotatable bonds is 3. The Morgan fingerprint density at radius 1 is 1.29 bits per heavy atom. The molecule has 0 saturated heterocycles. The molecule has 17 heavy (non-hydrogen) atoms. The third-order valence-corrected chi connectivity index (χ3v) is 3.94. The summed E-state index contributed by atoms with van der Waals surface area (Å²) in [6.07, 6.45) is 4.68. The van der Waals surface area contributed by atoms with Crippen LogP contribution in [-0.4, -0.2) is 11.9 Å². The second-order valence-electron chi connectivity index (χ2n) is 5.16.